The van der Waals surface area contributed by atoms with Gasteiger partial charge in [0.25, 0.3) is 0 Å². The van der Waals surface area contributed by atoms with Gasteiger partial charge in [-0.2, -0.15) is 0 Å². The first-order valence-corrected chi connectivity index (χ1v) is 6.77. The molecule has 1 aromatic rings. The van der Waals surface area contributed by atoms with Gasteiger partial charge in [-0.05, 0) is 42.6 Å². The average molecular weight is 249 g/mol. The standard InChI is InChI=1S/C15H23NO2/c1-4-14-7-11-6-13(10-17)15(18-3)8-12(11)9-16(14)5-2/h6,8,14,17H,4-5,7,9-10H2,1-3H3. The molecule has 1 heterocycles. The molecule has 18 heavy (non-hydrogen) atoms. The van der Waals surface area contributed by atoms with Gasteiger partial charge in [0, 0.05) is 18.2 Å². The van der Waals surface area contributed by atoms with Gasteiger partial charge in [0.05, 0.1) is 13.7 Å². The Balaban J connectivity index is 2.36. The molecule has 3 heteroatoms. The predicted molar refractivity (Wildman–Crippen MR) is 72.8 cm³/mol. The van der Waals surface area contributed by atoms with Crippen LogP contribution in [0.3, 0.4) is 0 Å². The number of hydrogen-bond acceptors (Lipinski definition) is 3. The first-order chi connectivity index (χ1) is 8.73. The number of ether oxygens (including phenoxy) is 1. The van der Waals surface area contributed by atoms with E-state index in [1.165, 1.54) is 17.5 Å². The highest BCUT2D eigenvalue weighted by Gasteiger charge is 2.24. The minimum Gasteiger partial charge on any atom is -0.496 e. The highest BCUT2D eigenvalue weighted by atomic mass is 16.5. The third-order valence-corrected chi connectivity index (χ3v) is 4.00. The number of hydrogen-bond donors (Lipinski definition) is 1. The maximum Gasteiger partial charge on any atom is 0.124 e. The van der Waals surface area contributed by atoms with Crippen LogP contribution < -0.4 is 4.74 Å². The summed E-state index contributed by atoms with van der Waals surface area (Å²) >= 11 is 0. The second-order valence-corrected chi connectivity index (χ2v) is 4.92. The summed E-state index contributed by atoms with van der Waals surface area (Å²) in [6.07, 6.45) is 2.25. The van der Waals surface area contributed by atoms with Crippen molar-refractivity contribution in [2.24, 2.45) is 0 Å². The summed E-state index contributed by atoms with van der Waals surface area (Å²) in [5, 5.41) is 9.38. The Bertz CT molecular complexity index is 378. The summed E-state index contributed by atoms with van der Waals surface area (Å²) < 4.78 is 5.35. The molecule has 2 rings (SSSR count). The fourth-order valence-electron chi connectivity index (χ4n) is 2.87. The number of methoxy groups -OCH3 is 1. The first kappa shape index (κ1) is 13.4. The molecule has 0 amide bonds. The van der Waals surface area contributed by atoms with E-state index in [0.717, 1.165) is 30.8 Å². The Morgan fingerprint density at radius 2 is 2.11 bits per heavy atom. The van der Waals surface area contributed by atoms with Crippen molar-refractivity contribution in [2.45, 2.75) is 45.9 Å². The van der Waals surface area contributed by atoms with Gasteiger partial charge < -0.3 is 9.84 Å². The van der Waals surface area contributed by atoms with Crippen LogP contribution in [0.4, 0.5) is 0 Å². The summed E-state index contributed by atoms with van der Waals surface area (Å²) in [4.78, 5) is 2.51. The van der Waals surface area contributed by atoms with Crippen molar-refractivity contribution in [2.75, 3.05) is 13.7 Å². The van der Waals surface area contributed by atoms with Crippen molar-refractivity contribution in [3.8, 4) is 5.75 Å². The smallest absolute Gasteiger partial charge is 0.124 e. The van der Waals surface area contributed by atoms with Crippen molar-refractivity contribution >= 4 is 0 Å². The van der Waals surface area contributed by atoms with Crippen LogP contribution in [0, 0.1) is 0 Å². The molecular formula is C15H23NO2. The Morgan fingerprint density at radius 1 is 1.33 bits per heavy atom. The molecule has 0 saturated carbocycles. The molecule has 1 aromatic carbocycles. The Morgan fingerprint density at radius 3 is 2.67 bits per heavy atom. The van der Waals surface area contributed by atoms with E-state index in [2.05, 4.69) is 30.9 Å². The Kier molecular flexibility index (Phi) is 4.25. The number of fused-ring (bicyclic) bond motifs is 1. The molecule has 1 N–H and O–H groups in total. The van der Waals surface area contributed by atoms with Gasteiger partial charge in [-0.1, -0.05) is 13.8 Å². The lowest BCUT2D eigenvalue weighted by Crippen LogP contribution is -2.39. The number of nitrogens with zero attached hydrogens (tertiary/aromatic N) is 1. The van der Waals surface area contributed by atoms with E-state index in [1.807, 2.05) is 0 Å². The van der Waals surface area contributed by atoms with E-state index in [1.54, 1.807) is 7.11 Å². The van der Waals surface area contributed by atoms with Crippen molar-refractivity contribution < 1.29 is 9.84 Å². The Labute approximate surface area is 109 Å². The lowest BCUT2D eigenvalue weighted by molar-refractivity contribution is 0.175. The topological polar surface area (TPSA) is 32.7 Å². The van der Waals surface area contributed by atoms with Crippen molar-refractivity contribution in [1.82, 2.24) is 4.90 Å². The lowest BCUT2D eigenvalue weighted by atomic mass is 9.91. The van der Waals surface area contributed by atoms with Crippen LogP contribution in [-0.2, 0) is 19.6 Å². The summed E-state index contributed by atoms with van der Waals surface area (Å²) in [6, 6.07) is 4.83. The molecule has 0 spiro atoms. The molecule has 1 aliphatic rings. The zero-order chi connectivity index (χ0) is 13.1. The maximum atomic E-state index is 9.38. The van der Waals surface area contributed by atoms with Crippen LogP contribution in [0.15, 0.2) is 12.1 Å². The van der Waals surface area contributed by atoms with E-state index in [9.17, 15) is 5.11 Å². The van der Waals surface area contributed by atoms with Gasteiger partial charge in [-0.15, -0.1) is 0 Å². The fourth-order valence-corrected chi connectivity index (χ4v) is 2.87. The van der Waals surface area contributed by atoms with Crippen molar-refractivity contribution in [1.29, 1.82) is 0 Å². The number of rotatable bonds is 4. The maximum absolute atomic E-state index is 9.38. The molecule has 3 nitrogen and oxygen atoms in total. The number of aliphatic hydroxyl groups excluding tert-OH is 1. The number of likely N-dealkylation sites (N-methyl/N-ethyl adjacent to an activating group) is 1. The van der Waals surface area contributed by atoms with Gasteiger partial charge in [0.1, 0.15) is 5.75 Å². The molecule has 0 bridgehead atoms. The van der Waals surface area contributed by atoms with E-state index in [-0.39, 0.29) is 6.61 Å². The largest absolute Gasteiger partial charge is 0.496 e. The van der Waals surface area contributed by atoms with E-state index < -0.39 is 0 Å². The second-order valence-electron chi connectivity index (χ2n) is 4.92. The second kappa shape index (κ2) is 5.72. The van der Waals surface area contributed by atoms with Gasteiger partial charge in [-0.25, -0.2) is 0 Å². The Hall–Kier alpha value is -1.06. The van der Waals surface area contributed by atoms with E-state index >= 15 is 0 Å². The van der Waals surface area contributed by atoms with Crippen molar-refractivity contribution in [3.05, 3.63) is 28.8 Å². The minimum absolute atomic E-state index is 0.0464. The zero-order valence-electron chi connectivity index (χ0n) is 11.6. The molecule has 1 atom stereocenters. The molecule has 0 aliphatic carbocycles. The fraction of sp³-hybridized carbons (Fsp3) is 0.600. The SMILES string of the molecule is CCC1Cc2cc(CO)c(OC)cc2CN1CC. The van der Waals surface area contributed by atoms with Gasteiger partial charge >= 0.3 is 0 Å². The summed E-state index contributed by atoms with van der Waals surface area (Å²) in [7, 11) is 1.66. The van der Waals surface area contributed by atoms with Gasteiger partial charge in [0.15, 0.2) is 0 Å². The molecule has 0 fully saturated rings. The van der Waals surface area contributed by atoms with E-state index in [0.29, 0.717) is 6.04 Å². The quantitative estimate of drug-likeness (QED) is 0.889. The molecule has 1 unspecified atom stereocenters. The summed E-state index contributed by atoms with van der Waals surface area (Å²) in [5.74, 6) is 0.808. The predicted octanol–water partition coefficient (Wildman–Crippen LogP) is 2.34. The lowest BCUT2D eigenvalue weighted by Gasteiger charge is -2.36. The number of benzene rings is 1. The molecule has 0 saturated heterocycles. The molecule has 100 valence electrons. The highest BCUT2D eigenvalue weighted by Crippen LogP contribution is 2.30. The molecule has 1 aliphatic heterocycles. The summed E-state index contributed by atoms with van der Waals surface area (Å²) in [6.45, 7) is 6.58. The zero-order valence-corrected chi connectivity index (χ0v) is 11.6. The molecule has 0 aromatic heterocycles. The third kappa shape index (κ3) is 2.38. The summed E-state index contributed by atoms with van der Waals surface area (Å²) in [5.41, 5.74) is 3.61. The third-order valence-electron chi connectivity index (χ3n) is 4.00. The highest BCUT2D eigenvalue weighted by molar-refractivity contribution is 5.44. The van der Waals surface area contributed by atoms with Crippen molar-refractivity contribution in [3.63, 3.8) is 0 Å². The number of aliphatic hydroxyl groups is 1. The normalized spacial score (nSPS) is 19.7. The molecule has 0 radical (unpaired) electrons. The monoisotopic (exact) mass is 249 g/mol. The first-order valence-electron chi connectivity index (χ1n) is 6.77. The van der Waals surface area contributed by atoms with Gasteiger partial charge in [-0.3, -0.25) is 4.90 Å². The van der Waals surface area contributed by atoms with Crippen LogP contribution >= 0.6 is 0 Å². The van der Waals surface area contributed by atoms with Crippen LogP contribution in [-0.4, -0.2) is 29.7 Å². The van der Waals surface area contributed by atoms with Gasteiger partial charge in [0.2, 0.25) is 0 Å². The van der Waals surface area contributed by atoms with E-state index in [4.69, 9.17) is 4.74 Å². The van der Waals surface area contributed by atoms with Crippen LogP contribution in [0.2, 0.25) is 0 Å². The average Bonchev–Trinajstić information content (AvgIpc) is 2.43. The minimum atomic E-state index is 0.0464. The van der Waals surface area contributed by atoms with Crippen LogP contribution in [0.25, 0.3) is 0 Å². The van der Waals surface area contributed by atoms with Crippen LogP contribution in [0.5, 0.6) is 5.75 Å². The van der Waals surface area contributed by atoms with Crippen LogP contribution in [0.1, 0.15) is 37.0 Å². The molecular weight excluding hydrogens is 226 g/mol.